The molecule has 0 aliphatic heterocycles. The first kappa shape index (κ1) is 21.0. The third-order valence-corrected chi connectivity index (χ3v) is 5.19. The molecular weight excluding hydrogens is 362 g/mol. The molecule has 0 atom stereocenters. The van der Waals surface area contributed by atoms with Crippen LogP contribution in [0.25, 0.3) is 0 Å². The van der Waals surface area contributed by atoms with Crippen molar-refractivity contribution in [1.82, 2.24) is 0 Å². The van der Waals surface area contributed by atoms with Gasteiger partial charge in [0.1, 0.15) is 5.75 Å². The topological polar surface area (TPSA) is 72.5 Å². The molecule has 1 amide bonds. The minimum atomic E-state index is -3.30. The van der Waals surface area contributed by atoms with E-state index in [1.807, 2.05) is 12.1 Å². The molecule has 0 spiro atoms. The zero-order chi connectivity index (χ0) is 20.1. The Morgan fingerprint density at radius 3 is 2.33 bits per heavy atom. The fraction of sp³-hybridized carbons (Fsp3) is 0.381. The van der Waals surface area contributed by atoms with Crippen LogP contribution in [0.15, 0.2) is 53.4 Å². The zero-order valence-corrected chi connectivity index (χ0v) is 17.1. The fourth-order valence-corrected chi connectivity index (χ4v) is 3.17. The molecule has 0 unspecified atom stereocenters. The molecule has 0 bridgehead atoms. The number of amides is 1. The summed E-state index contributed by atoms with van der Waals surface area (Å²) in [7, 11) is -3.30. The van der Waals surface area contributed by atoms with Crippen molar-refractivity contribution in [2.45, 2.75) is 43.9 Å². The normalized spacial score (nSPS) is 11.9. The van der Waals surface area contributed by atoms with Gasteiger partial charge in [-0.2, -0.15) is 0 Å². The second-order valence-corrected chi connectivity index (χ2v) is 9.59. The third kappa shape index (κ3) is 6.71. The predicted octanol–water partition coefficient (Wildman–Crippen LogP) is 4.19. The molecule has 6 heteroatoms. The van der Waals surface area contributed by atoms with Crippen molar-refractivity contribution in [3.8, 4) is 5.75 Å². The van der Waals surface area contributed by atoms with E-state index in [1.165, 1.54) is 17.7 Å². The number of carbonyl (C=O) groups is 1. The lowest BCUT2D eigenvalue weighted by Gasteiger charge is -2.19. The van der Waals surface area contributed by atoms with E-state index in [4.69, 9.17) is 4.74 Å². The first-order valence-electron chi connectivity index (χ1n) is 8.89. The zero-order valence-electron chi connectivity index (χ0n) is 16.3. The first-order chi connectivity index (χ1) is 12.6. The van der Waals surface area contributed by atoms with Crippen LogP contribution in [0.5, 0.6) is 5.75 Å². The van der Waals surface area contributed by atoms with Crippen LogP contribution in [0.4, 0.5) is 5.69 Å². The van der Waals surface area contributed by atoms with Gasteiger partial charge in [-0.05, 0) is 47.7 Å². The van der Waals surface area contributed by atoms with E-state index in [0.29, 0.717) is 25.1 Å². The van der Waals surface area contributed by atoms with Gasteiger partial charge in [0, 0.05) is 18.4 Å². The molecule has 2 aromatic carbocycles. The first-order valence-corrected chi connectivity index (χ1v) is 10.8. The van der Waals surface area contributed by atoms with E-state index in [0.717, 1.165) is 12.0 Å². The number of nitrogens with one attached hydrogen (secondary N) is 1. The number of sulfone groups is 1. The van der Waals surface area contributed by atoms with Gasteiger partial charge in [0.25, 0.3) is 0 Å². The highest BCUT2D eigenvalue weighted by Gasteiger charge is 2.13. The quantitative estimate of drug-likeness (QED) is 0.721. The molecule has 0 radical (unpaired) electrons. The smallest absolute Gasteiger partial charge is 0.224 e. The maximum atomic E-state index is 12.0. The van der Waals surface area contributed by atoms with Crippen molar-refractivity contribution in [3.05, 3.63) is 54.1 Å². The summed E-state index contributed by atoms with van der Waals surface area (Å²) in [5.74, 6) is 0.608. The van der Waals surface area contributed by atoms with Crippen molar-refractivity contribution < 1.29 is 17.9 Å². The molecule has 0 heterocycles. The highest BCUT2D eigenvalue weighted by molar-refractivity contribution is 7.90. The maximum Gasteiger partial charge on any atom is 0.224 e. The number of hydrogen-bond acceptors (Lipinski definition) is 4. The number of ether oxygens (including phenoxy) is 1. The van der Waals surface area contributed by atoms with Crippen LogP contribution in [0, 0.1) is 0 Å². The van der Waals surface area contributed by atoms with Crippen molar-refractivity contribution in [2.24, 2.45) is 0 Å². The molecule has 0 aliphatic rings. The lowest BCUT2D eigenvalue weighted by Crippen LogP contribution is -2.13. The highest BCUT2D eigenvalue weighted by atomic mass is 32.2. The number of anilines is 1. The van der Waals surface area contributed by atoms with E-state index in [1.54, 1.807) is 12.1 Å². The maximum absolute atomic E-state index is 12.0. The highest BCUT2D eigenvalue weighted by Crippen LogP contribution is 2.24. The van der Waals surface area contributed by atoms with Gasteiger partial charge in [0.15, 0.2) is 9.84 Å². The van der Waals surface area contributed by atoms with E-state index in [9.17, 15) is 13.2 Å². The van der Waals surface area contributed by atoms with Crippen LogP contribution in [0.1, 0.15) is 39.2 Å². The SMILES string of the molecule is CC(C)(C)c1ccc(OCCCC(=O)Nc2cccc(S(C)(=O)=O)c2)cc1. The fourth-order valence-electron chi connectivity index (χ4n) is 2.50. The molecule has 0 saturated heterocycles. The number of hydrogen-bond donors (Lipinski definition) is 1. The van der Waals surface area contributed by atoms with Gasteiger partial charge in [-0.3, -0.25) is 4.79 Å². The summed E-state index contributed by atoms with van der Waals surface area (Å²) in [6.45, 7) is 6.92. The molecule has 0 aliphatic carbocycles. The summed E-state index contributed by atoms with van der Waals surface area (Å²) in [5, 5.41) is 2.72. The Bertz CT molecular complexity index is 881. The summed E-state index contributed by atoms with van der Waals surface area (Å²) in [4.78, 5) is 12.2. The number of rotatable bonds is 7. The Kier molecular flexibility index (Phi) is 6.65. The average Bonchev–Trinajstić information content (AvgIpc) is 2.58. The number of carbonyl (C=O) groups excluding carboxylic acids is 1. The summed E-state index contributed by atoms with van der Waals surface area (Å²) in [6, 6.07) is 14.2. The van der Waals surface area contributed by atoms with Crippen molar-refractivity contribution in [3.63, 3.8) is 0 Å². The molecule has 146 valence electrons. The molecule has 0 aromatic heterocycles. The summed E-state index contributed by atoms with van der Waals surface area (Å²) < 4.78 is 28.8. The summed E-state index contributed by atoms with van der Waals surface area (Å²) in [6.07, 6.45) is 2.00. The standard InChI is InChI=1S/C21H27NO4S/c1-21(2,3)16-10-12-18(13-11-16)26-14-6-9-20(23)22-17-7-5-8-19(15-17)27(4,24)25/h5,7-8,10-13,15H,6,9,14H2,1-4H3,(H,22,23). The van der Waals surface area contributed by atoms with Crippen LogP contribution in [-0.4, -0.2) is 27.2 Å². The van der Waals surface area contributed by atoms with Gasteiger partial charge >= 0.3 is 0 Å². The molecule has 0 saturated carbocycles. The molecule has 2 rings (SSSR count). The van der Waals surface area contributed by atoms with E-state index in [2.05, 4.69) is 38.2 Å². The summed E-state index contributed by atoms with van der Waals surface area (Å²) in [5.41, 5.74) is 1.82. The predicted molar refractivity (Wildman–Crippen MR) is 108 cm³/mol. The number of benzene rings is 2. The van der Waals surface area contributed by atoms with Crippen molar-refractivity contribution in [1.29, 1.82) is 0 Å². The van der Waals surface area contributed by atoms with Gasteiger partial charge in [-0.15, -0.1) is 0 Å². The second kappa shape index (κ2) is 8.57. The second-order valence-electron chi connectivity index (χ2n) is 7.57. The molecule has 0 fully saturated rings. The molecule has 27 heavy (non-hydrogen) atoms. The van der Waals surface area contributed by atoms with Gasteiger partial charge in [0.05, 0.1) is 11.5 Å². The van der Waals surface area contributed by atoms with Gasteiger partial charge in [-0.1, -0.05) is 39.0 Å². The van der Waals surface area contributed by atoms with E-state index < -0.39 is 9.84 Å². The van der Waals surface area contributed by atoms with E-state index in [-0.39, 0.29) is 16.2 Å². The Morgan fingerprint density at radius 2 is 1.74 bits per heavy atom. The van der Waals surface area contributed by atoms with Gasteiger partial charge in [0.2, 0.25) is 5.91 Å². The van der Waals surface area contributed by atoms with Crippen LogP contribution in [0.2, 0.25) is 0 Å². The Morgan fingerprint density at radius 1 is 1.07 bits per heavy atom. The minimum absolute atomic E-state index is 0.102. The van der Waals surface area contributed by atoms with Crippen molar-refractivity contribution in [2.75, 3.05) is 18.2 Å². The average molecular weight is 390 g/mol. The lowest BCUT2D eigenvalue weighted by molar-refractivity contribution is -0.116. The van der Waals surface area contributed by atoms with Crippen LogP contribution < -0.4 is 10.1 Å². The third-order valence-electron chi connectivity index (χ3n) is 4.08. The van der Waals surface area contributed by atoms with Crippen molar-refractivity contribution >= 4 is 21.4 Å². The van der Waals surface area contributed by atoms with Crippen LogP contribution in [-0.2, 0) is 20.0 Å². The van der Waals surface area contributed by atoms with E-state index >= 15 is 0 Å². The van der Waals surface area contributed by atoms with Gasteiger partial charge in [-0.25, -0.2) is 8.42 Å². The molecule has 1 N–H and O–H groups in total. The largest absolute Gasteiger partial charge is 0.494 e. The van der Waals surface area contributed by atoms with Gasteiger partial charge < -0.3 is 10.1 Å². The Labute approximate surface area is 161 Å². The summed E-state index contributed by atoms with van der Waals surface area (Å²) >= 11 is 0. The lowest BCUT2D eigenvalue weighted by atomic mass is 9.87. The Balaban J connectivity index is 1.78. The van der Waals surface area contributed by atoms with Crippen LogP contribution in [0.3, 0.4) is 0 Å². The molecule has 2 aromatic rings. The Hall–Kier alpha value is -2.34. The van der Waals surface area contributed by atoms with Crippen LogP contribution >= 0.6 is 0 Å². The molecular formula is C21H27NO4S. The molecule has 5 nitrogen and oxygen atoms in total. The minimum Gasteiger partial charge on any atom is -0.494 e. The monoisotopic (exact) mass is 389 g/mol.